The van der Waals surface area contributed by atoms with Crippen LogP contribution in [0.3, 0.4) is 0 Å². The van der Waals surface area contributed by atoms with Crippen LogP contribution in [0.4, 0.5) is 15.3 Å². The number of pyridine rings is 2. The number of Topliss-reactive ketones (excluding diaryl/α,β-unsaturated/α-hetero) is 1. The van der Waals surface area contributed by atoms with Crippen molar-refractivity contribution in [2.75, 3.05) is 25.5 Å². The number of nitrogens with two attached hydrogens (primary N) is 1. The molecule has 0 saturated heterocycles. The van der Waals surface area contributed by atoms with Gasteiger partial charge in [-0.1, -0.05) is 50.6 Å². The molecule has 5 heterocycles. The van der Waals surface area contributed by atoms with Gasteiger partial charge in [0.15, 0.2) is 11.4 Å². The van der Waals surface area contributed by atoms with Gasteiger partial charge < -0.3 is 36.1 Å². The average molecular weight is 1020 g/mol. The van der Waals surface area contributed by atoms with Crippen LogP contribution in [0.15, 0.2) is 104 Å². The number of H-pyrrole nitrogens is 1. The number of ether oxygens (including phenoxy) is 2. The first kappa shape index (κ1) is 54.0. The predicted molar refractivity (Wildman–Crippen MR) is 277 cm³/mol. The zero-order valence-corrected chi connectivity index (χ0v) is 42.4. The van der Waals surface area contributed by atoms with E-state index in [9.17, 15) is 33.6 Å². The molecule has 0 spiro atoms. The molecule has 6 aromatic rings. The van der Waals surface area contributed by atoms with Crippen LogP contribution in [0, 0.1) is 18.8 Å². The van der Waals surface area contributed by atoms with E-state index in [1.54, 1.807) is 35.9 Å². The Morgan fingerprint density at radius 1 is 0.867 bits per heavy atom. The van der Waals surface area contributed by atoms with Gasteiger partial charge in [0.1, 0.15) is 24.5 Å². The van der Waals surface area contributed by atoms with Gasteiger partial charge in [-0.2, -0.15) is 5.10 Å². The lowest BCUT2D eigenvalue weighted by molar-refractivity contribution is -0.137. The molecule has 0 radical (unpaired) electrons. The molecule has 0 aliphatic carbocycles. The molecule has 7 rings (SSSR count). The number of aromatic nitrogens is 6. The number of nitrogens with zero attached hydrogens (tertiary/aromatic N) is 7. The number of aromatic amines is 1. The molecule has 7 amide bonds. The molecule has 75 heavy (non-hydrogen) atoms. The van der Waals surface area contributed by atoms with Crippen molar-refractivity contribution in [2.45, 2.75) is 91.5 Å². The Hall–Kier alpha value is -8.75. The summed E-state index contributed by atoms with van der Waals surface area (Å²) in [6, 6.07) is 22.0. The third-order valence-electron chi connectivity index (χ3n) is 12.5. The Morgan fingerprint density at radius 3 is 2.37 bits per heavy atom. The molecule has 2 atom stereocenters. The molecule has 2 aromatic carbocycles. The minimum atomic E-state index is -0.859. The number of methoxy groups -OCH3 is 1. The van der Waals surface area contributed by atoms with Crippen LogP contribution in [0.1, 0.15) is 81.4 Å². The molecule has 0 unspecified atom stereocenters. The number of hydrogen-bond acceptors (Lipinski definition) is 13. The summed E-state index contributed by atoms with van der Waals surface area (Å²) in [5, 5.41) is 12.6. The Kier molecular flexibility index (Phi) is 18.6. The standard InChI is InChI=1S/C54H62N12O9/c1-34(2)49(63-46(68)16-6-5-7-26-65-47(69)23-24-48(65)70)43(67)28-38(13-10-25-56-53(55)72)52(71)60-40-20-17-36(18-21-40)32-75-54(73)64(29-37-12-9-14-41(27-37)74-4)31-44-61-50(39-19-22-45-57-33-58-66(45)30-39)51(62-44)42-15-8-11-35(3)59-42/h8-9,11-12,14-15,17-24,27,30,33-34,38,49H,5-7,10,13,16,25-26,28-29,31-32H2,1-4H3,(H,60,71)(H,61,62)(H,63,68)(H3,55,56,72)/t38-,49+/m1/s1. The van der Waals surface area contributed by atoms with Crippen molar-refractivity contribution in [2.24, 2.45) is 17.6 Å². The van der Waals surface area contributed by atoms with Gasteiger partial charge in [-0.3, -0.25) is 38.8 Å². The van der Waals surface area contributed by atoms with Crippen molar-refractivity contribution in [3.63, 3.8) is 0 Å². The number of imide groups is 1. The number of unbranched alkanes of at least 4 members (excludes halogenated alkanes) is 2. The maximum Gasteiger partial charge on any atom is 0.410 e. The molecule has 21 heteroatoms. The minimum Gasteiger partial charge on any atom is -0.497 e. The Morgan fingerprint density at radius 2 is 1.64 bits per heavy atom. The van der Waals surface area contributed by atoms with Crippen LogP contribution in [-0.2, 0) is 48.4 Å². The van der Waals surface area contributed by atoms with Crippen molar-refractivity contribution < 1.29 is 43.0 Å². The van der Waals surface area contributed by atoms with Gasteiger partial charge in [-0.05, 0) is 98.2 Å². The Bertz CT molecular complexity index is 3020. The summed E-state index contributed by atoms with van der Waals surface area (Å²) in [6.07, 6.45) is 7.31. The van der Waals surface area contributed by atoms with Crippen molar-refractivity contribution in [3.8, 4) is 28.4 Å². The zero-order valence-electron chi connectivity index (χ0n) is 42.4. The highest BCUT2D eigenvalue weighted by atomic mass is 16.6. The molecule has 21 nitrogen and oxygen atoms in total. The number of benzene rings is 2. The first-order valence-corrected chi connectivity index (χ1v) is 24.8. The maximum absolute atomic E-state index is 14.1. The van der Waals surface area contributed by atoms with Crippen LogP contribution >= 0.6 is 0 Å². The van der Waals surface area contributed by atoms with E-state index in [1.807, 2.05) is 81.6 Å². The topological polar surface area (TPSA) is 278 Å². The van der Waals surface area contributed by atoms with E-state index < -0.39 is 30.0 Å². The van der Waals surface area contributed by atoms with Crippen LogP contribution in [0.2, 0.25) is 0 Å². The normalized spacial score (nSPS) is 12.9. The molecule has 4 aromatic heterocycles. The van der Waals surface area contributed by atoms with E-state index in [2.05, 4.69) is 31.0 Å². The van der Waals surface area contributed by atoms with Gasteiger partial charge in [0.05, 0.1) is 36.8 Å². The third kappa shape index (κ3) is 15.2. The molecule has 0 bridgehead atoms. The van der Waals surface area contributed by atoms with E-state index in [0.717, 1.165) is 21.7 Å². The summed E-state index contributed by atoms with van der Waals surface area (Å²) in [7, 11) is 1.57. The second-order valence-corrected chi connectivity index (χ2v) is 18.6. The van der Waals surface area contributed by atoms with Crippen molar-refractivity contribution in [1.82, 2.24) is 50.0 Å². The van der Waals surface area contributed by atoms with E-state index >= 15 is 0 Å². The zero-order chi connectivity index (χ0) is 53.4. The number of carbonyl (C=O) groups is 7. The Balaban J connectivity index is 0.993. The van der Waals surface area contributed by atoms with Gasteiger partial charge in [0, 0.05) is 73.7 Å². The van der Waals surface area contributed by atoms with Gasteiger partial charge in [-0.15, -0.1) is 0 Å². The number of urea groups is 1. The van der Waals surface area contributed by atoms with Gasteiger partial charge in [0.25, 0.3) is 11.8 Å². The minimum absolute atomic E-state index is 0.0328. The number of hydrogen-bond donors (Lipinski definition) is 5. The van der Waals surface area contributed by atoms with Crippen LogP contribution < -0.4 is 26.4 Å². The second kappa shape index (κ2) is 25.8. The van der Waals surface area contributed by atoms with Crippen LogP contribution in [0.25, 0.3) is 28.3 Å². The van der Waals surface area contributed by atoms with Crippen molar-refractivity contribution in [3.05, 3.63) is 126 Å². The number of imidazole rings is 1. The largest absolute Gasteiger partial charge is 0.497 e. The molecule has 392 valence electrons. The number of anilines is 1. The number of ketones is 1. The summed E-state index contributed by atoms with van der Waals surface area (Å²) in [4.78, 5) is 110. The highest BCUT2D eigenvalue weighted by molar-refractivity contribution is 6.12. The van der Waals surface area contributed by atoms with E-state index in [0.29, 0.717) is 71.2 Å². The van der Waals surface area contributed by atoms with Gasteiger partial charge in [-0.25, -0.2) is 24.1 Å². The lowest BCUT2D eigenvalue weighted by Gasteiger charge is -2.24. The van der Waals surface area contributed by atoms with Gasteiger partial charge >= 0.3 is 12.1 Å². The number of carbonyl (C=O) groups excluding carboxylic acids is 7. The maximum atomic E-state index is 14.1. The first-order chi connectivity index (χ1) is 36.1. The highest BCUT2D eigenvalue weighted by Gasteiger charge is 2.30. The lowest BCUT2D eigenvalue weighted by Crippen LogP contribution is -2.45. The predicted octanol–water partition coefficient (Wildman–Crippen LogP) is 6.43. The van der Waals surface area contributed by atoms with E-state index in [4.69, 9.17) is 25.2 Å². The van der Waals surface area contributed by atoms with Crippen LogP contribution in [0.5, 0.6) is 5.75 Å². The smallest absolute Gasteiger partial charge is 0.410 e. The Labute approximate surface area is 433 Å². The highest BCUT2D eigenvalue weighted by Crippen LogP contribution is 2.31. The quantitative estimate of drug-likeness (QED) is 0.0290. The molecular weight excluding hydrogens is 961 g/mol. The van der Waals surface area contributed by atoms with Crippen LogP contribution in [-0.4, -0.2) is 107 Å². The summed E-state index contributed by atoms with van der Waals surface area (Å²) < 4.78 is 13.0. The molecule has 0 saturated carbocycles. The molecule has 1 aliphatic heterocycles. The SMILES string of the molecule is COc1cccc(CN(Cc2nc(-c3ccc4ncnn4c3)c(-c3cccc(C)n3)[nH]2)C(=O)OCc2ccc(NC(=O)[C@H](CCCNC(N)=O)CC(=O)[C@@H](NC(=O)CCCCCN3C(=O)C=CC3=O)C(C)C)cc2)c1. The third-order valence-corrected chi connectivity index (χ3v) is 12.5. The number of rotatable bonds is 26. The second-order valence-electron chi connectivity index (χ2n) is 18.6. The molecular formula is C54H62N12O9. The number of fused-ring (bicyclic) bond motifs is 1. The number of nitrogens with one attached hydrogen (secondary N) is 4. The first-order valence-electron chi connectivity index (χ1n) is 24.8. The monoisotopic (exact) mass is 1020 g/mol. The fourth-order valence-electron chi connectivity index (χ4n) is 8.56. The molecule has 1 aliphatic rings. The summed E-state index contributed by atoms with van der Waals surface area (Å²) in [5.74, 6) is -1.78. The summed E-state index contributed by atoms with van der Waals surface area (Å²) in [5.41, 5.74) is 11.3. The number of amides is 7. The fraction of sp³-hybridized carbons (Fsp3) is 0.352. The summed E-state index contributed by atoms with van der Waals surface area (Å²) >= 11 is 0. The fourth-order valence-corrected chi connectivity index (χ4v) is 8.56. The molecule has 6 N–H and O–H groups in total. The van der Waals surface area contributed by atoms with E-state index in [-0.39, 0.29) is 81.5 Å². The van der Waals surface area contributed by atoms with E-state index in [1.165, 1.54) is 23.4 Å². The van der Waals surface area contributed by atoms with Crippen molar-refractivity contribution in [1.29, 1.82) is 0 Å². The molecule has 0 fully saturated rings. The van der Waals surface area contributed by atoms with Gasteiger partial charge in [0.2, 0.25) is 11.8 Å². The lowest BCUT2D eigenvalue weighted by atomic mass is 9.89. The number of primary amides is 1. The van der Waals surface area contributed by atoms with Crippen molar-refractivity contribution >= 4 is 52.9 Å². The number of aryl methyl sites for hydroxylation is 1. The summed E-state index contributed by atoms with van der Waals surface area (Å²) in [6.45, 7) is 6.05. The average Bonchev–Trinajstić information content (AvgIpc) is 4.13.